The molecule has 0 amide bonds. The maximum atomic E-state index is 2.67. The number of rotatable bonds is 17. The molecular formula is C44H60I2. The average molecular weight is 843 g/mol. The Bertz CT molecular complexity index is 1520. The predicted octanol–water partition coefficient (Wildman–Crippen LogP) is 14.5. The van der Waals surface area contributed by atoms with Gasteiger partial charge in [-0.2, -0.15) is 0 Å². The summed E-state index contributed by atoms with van der Waals surface area (Å²) < 4.78 is 2.80. The average Bonchev–Trinajstić information content (AvgIpc) is 3.03. The van der Waals surface area contributed by atoms with E-state index in [1.165, 1.54) is 143 Å². The molecule has 0 radical (unpaired) electrons. The van der Waals surface area contributed by atoms with Crippen molar-refractivity contribution in [3.05, 3.63) is 75.9 Å². The SMILES string of the molecule is CCCc1c(CCC)c(CCC)c2cc(-c3cc4c(CCC)c(CCC)c(CCC)c(CCC)c4cc3I)c(I)cc2c1CCC. The van der Waals surface area contributed by atoms with Crippen LogP contribution in [0.1, 0.15) is 151 Å². The molecule has 250 valence electrons. The van der Waals surface area contributed by atoms with E-state index in [4.69, 9.17) is 0 Å². The second kappa shape index (κ2) is 18.0. The molecule has 0 aromatic heterocycles. The molecule has 2 heteroatoms. The summed E-state index contributed by atoms with van der Waals surface area (Å²) in [5.41, 5.74) is 16.2. The largest absolute Gasteiger partial charge is 0.0651 e. The van der Waals surface area contributed by atoms with Crippen molar-refractivity contribution >= 4 is 66.7 Å². The van der Waals surface area contributed by atoms with E-state index in [2.05, 4.69) is 125 Å². The fourth-order valence-electron chi connectivity index (χ4n) is 8.29. The van der Waals surface area contributed by atoms with Crippen molar-refractivity contribution in [3.8, 4) is 11.1 Å². The minimum absolute atomic E-state index is 1.17. The standard InChI is InChI=1S/C44H60I2/c1-9-17-29-31(19-11-3)35(23-15-7)39-27-43(45)41(25-37(39)33(29)21-13-5)42-26-38-34(22-14-6)30(18-10-2)32(20-12-4)36(24-16-8)40(38)28-44(42)46/h25-28H,9-24H2,1-8H3. The van der Waals surface area contributed by atoms with E-state index < -0.39 is 0 Å². The summed E-state index contributed by atoms with van der Waals surface area (Å²) >= 11 is 5.33. The van der Waals surface area contributed by atoms with Gasteiger partial charge in [0.15, 0.2) is 0 Å². The summed E-state index contributed by atoms with van der Waals surface area (Å²) in [6.07, 6.45) is 19.2. The van der Waals surface area contributed by atoms with Gasteiger partial charge in [0.1, 0.15) is 0 Å². The Hall–Kier alpha value is -1.14. The Morgan fingerprint density at radius 1 is 0.304 bits per heavy atom. The van der Waals surface area contributed by atoms with Gasteiger partial charge in [-0.15, -0.1) is 0 Å². The zero-order valence-electron chi connectivity index (χ0n) is 30.4. The van der Waals surface area contributed by atoms with E-state index in [0.29, 0.717) is 0 Å². The van der Waals surface area contributed by atoms with E-state index in [9.17, 15) is 0 Å². The van der Waals surface area contributed by atoms with Gasteiger partial charge >= 0.3 is 0 Å². The van der Waals surface area contributed by atoms with E-state index in [-0.39, 0.29) is 0 Å². The smallest absolute Gasteiger partial charge is 0.0215 e. The van der Waals surface area contributed by atoms with Gasteiger partial charge in [-0.25, -0.2) is 0 Å². The summed E-state index contributed by atoms with van der Waals surface area (Å²) in [4.78, 5) is 0. The normalized spacial score (nSPS) is 11.8. The van der Waals surface area contributed by atoms with Gasteiger partial charge in [0.05, 0.1) is 0 Å². The molecule has 0 bridgehead atoms. The van der Waals surface area contributed by atoms with Gasteiger partial charge < -0.3 is 0 Å². The molecule has 0 saturated carbocycles. The van der Waals surface area contributed by atoms with Crippen LogP contribution in [0, 0.1) is 7.14 Å². The molecule has 0 aliphatic rings. The second-order valence-corrected chi connectivity index (χ2v) is 15.9. The molecule has 46 heavy (non-hydrogen) atoms. The van der Waals surface area contributed by atoms with Gasteiger partial charge in [-0.3, -0.25) is 0 Å². The van der Waals surface area contributed by atoms with Gasteiger partial charge in [-0.05, 0) is 198 Å². The monoisotopic (exact) mass is 842 g/mol. The lowest BCUT2D eigenvalue weighted by Crippen LogP contribution is -2.09. The predicted molar refractivity (Wildman–Crippen MR) is 224 cm³/mol. The van der Waals surface area contributed by atoms with Crippen molar-refractivity contribution < 1.29 is 0 Å². The van der Waals surface area contributed by atoms with Crippen LogP contribution in [0.5, 0.6) is 0 Å². The number of fused-ring (bicyclic) bond motifs is 2. The van der Waals surface area contributed by atoms with Crippen LogP contribution in [0.3, 0.4) is 0 Å². The summed E-state index contributed by atoms with van der Waals surface area (Å²) in [6, 6.07) is 10.4. The Labute approximate surface area is 309 Å². The number of halogens is 2. The van der Waals surface area contributed by atoms with Crippen LogP contribution in [0.25, 0.3) is 32.7 Å². The molecule has 0 N–H and O–H groups in total. The third-order valence-electron chi connectivity index (χ3n) is 9.99. The van der Waals surface area contributed by atoms with Gasteiger partial charge in [0, 0.05) is 7.14 Å². The van der Waals surface area contributed by atoms with Crippen LogP contribution >= 0.6 is 45.2 Å². The summed E-state index contributed by atoms with van der Waals surface area (Å²) in [6.45, 7) is 18.9. The molecule has 0 aliphatic carbocycles. The van der Waals surface area contributed by atoms with Crippen LogP contribution in [-0.2, 0) is 51.4 Å². The third kappa shape index (κ3) is 7.68. The van der Waals surface area contributed by atoms with Crippen molar-refractivity contribution in [2.75, 3.05) is 0 Å². The van der Waals surface area contributed by atoms with Crippen LogP contribution in [0.2, 0.25) is 0 Å². The fraction of sp³-hybridized carbons (Fsp3) is 0.545. The van der Waals surface area contributed by atoms with Crippen LogP contribution < -0.4 is 0 Å². The molecule has 0 heterocycles. The molecule has 0 saturated heterocycles. The third-order valence-corrected chi connectivity index (χ3v) is 11.8. The Balaban J connectivity index is 2.14. The van der Waals surface area contributed by atoms with Crippen molar-refractivity contribution in [3.63, 3.8) is 0 Å². The highest BCUT2D eigenvalue weighted by Gasteiger charge is 2.23. The first-order chi connectivity index (χ1) is 22.3. The van der Waals surface area contributed by atoms with E-state index in [1.807, 2.05) is 0 Å². The highest BCUT2D eigenvalue weighted by Crippen LogP contribution is 2.43. The second-order valence-electron chi connectivity index (χ2n) is 13.6. The van der Waals surface area contributed by atoms with Gasteiger partial charge in [0.2, 0.25) is 0 Å². The van der Waals surface area contributed by atoms with Crippen LogP contribution in [0.15, 0.2) is 24.3 Å². The van der Waals surface area contributed by atoms with Gasteiger partial charge in [0.25, 0.3) is 0 Å². The summed E-state index contributed by atoms with van der Waals surface area (Å²) in [5.74, 6) is 0. The van der Waals surface area contributed by atoms with E-state index in [1.54, 1.807) is 44.5 Å². The van der Waals surface area contributed by atoms with Crippen molar-refractivity contribution in [1.29, 1.82) is 0 Å². The number of aryl methyl sites for hydroxylation is 4. The summed E-state index contributed by atoms with van der Waals surface area (Å²) in [5, 5.41) is 6.13. The minimum atomic E-state index is 1.17. The summed E-state index contributed by atoms with van der Waals surface area (Å²) in [7, 11) is 0. The van der Waals surface area contributed by atoms with Crippen LogP contribution in [0.4, 0.5) is 0 Å². The molecule has 0 unspecified atom stereocenters. The Morgan fingerprint density at radius 3 is 0.717 bits per heavy atom. The van der Waals surface area contributed by atoms with Crippen molar-refractivity contribution in [1.82, 2.24) is 0 Å². The zero-order valence-corrected chi connectivity index (χ0v) is 34.7. The molecule has 4 aromatic rings. The van der Waals surface area contributed by atoms with Crippen molar-refractivity contribution in [2.45, 2.75) is 158 Å². The molecule has 4 aromatic carbocycles. The number of hydrogen-bond donors (Lipinski definition) is 0. The van der Waals surface area contributed by atoms with E-state index in [0.717, 1.165) is 0 Å². The Kier molecular flexibility index (Phi) is 14.8. The molecule has 0 nitrogen and oxygen atoms in total. The zero-order chi connectivity index (χ0) is 33.4. The minimum Gasteiger partial charge on any atom is -0.0651 e. The maximum Gasteiger partial charge on any atom is 0.0215 e. The maximum absolute atomic E-state index is 2.67. The highest BCUT2D eigenvalue weighted by atomic mass is 127. The lowest BCUT2D eigenvalue weighted by molar-refractivity contribution is 0.810. The van der Waals surface area contributed by atoms with E-state index >= 15 is 0 Å². The molecular weight excluding hydrogens is 782 g/mol. The fourth-order valence-corrected chi connectivity index (χ4v) is 9.80. The Morgan fingerprint density at radius 2 is 0.500 bits per heavy atom. The lowest BCUT2D eigenvalue weighted by Gasteiger charge is -2.25. The lowest BCUT2D eigenvalue weighted by atomic mass is 9.80. The first-order valence-electron chi connectivity index (χ1n) is 18.9. The molecule has 0 spiro atoms. The van der Waals surface area contributed by atoms with Crippen molar-refractivity contribution in [2.24, 2.45) is 0 Å². The molecule has 0 fully saturated rings. The molecule has 4 rings (SSSR count). The first kappa shape index (κ1) is 37.7. The number of benzene rings is 4. The quantitative estimate of drug-likeness (QED) is 0.0929. The highest BCUT2D eigenvalue weighted by molar-refractivity contribution is 14.1. The topological polar surface area (TPSA) is 0 Å². The van der Waals surface area contributed by atoms with Crippen LogP contribution in [-0.4, -0.2) is 0 Å². The first-order valence-corrected chi connectivity index (χ1v) is 21.1. The van der Waals surface area contributed by atoms with Gasteiger partial charge in [-0.1, -0.05) is 107 Å². The molecule has 0 atom stereocenters. The number of hydrogen-bond acceptors (Lipinski definition) is 0. The molecule has 0 aliphatic heterocycles.